The first kappa shape index (κ1) is 23.5. The van der Waals surface area contributed by atoms with Crippen LogP contribution < -0.4 is 15.8 Å². The molecule has 0 aliphatic heterocycles. The lowest BCUT2D eigenvalue weighted by atomic mass is 10.0. The van der Waals surface area contributed by atoms with Gasteiger partial charge in [-0.25, -0.2) is 0 Å². The molecule has 0 spiro atoms. The van der Waals surface area contributed by atoms with Crippen LogP contribution in [0.4, 0.5) is 5.69 Å². The van der Waals surface area contributed by atoms with Crippen molar-refractivity contribution < 1.29 is 9.53 Å². The fourth-order valence-electron chi connectivity index (χ4n) is 4.20. The van der Waals surface area contributed by atoms with Gasteiger partial charge in [0.25, 0.3) is 0 Å². The molecule has 0 amide bonds. The van der Waals surface area contributed by atoms with Crippen molar-refractivity contribution in [3.05, 3.63) is 107 Å². The number of nitrogen functional groups attached to an aromatic ring is 1. The molecule has 0 saturated heterocycles. The van der Waals surface area contributed by atoms with E-state index in [4.69, 9.17) is 10.5 Å². The molecule has 6 heteroatoms. The fourth-order valence-corrected chi connectivity index (χ4v) is 5.58. The molecule has 176 valence electrons. The predicted octanol–water partition coefficient (Wildman–Crippen LogP) is 7.38. The number of nitrogens with two attached hydrogens (primary N) is 1. The molecule has 35 heavy (non-hydrogen) atoms. The van der Waals surface area contributed by atoms with Crippen molar-refractivity contribution in [2.24, 2.45) is 0 Å². The zero-order valence-electron chi connectivity index (χ0n) is 19.0. The van der Waals surface area contributed by atoms with Gasteiger partial charge in [0, 0.05) is 48.4 Å². The van der Waals surface area contributed by atoms with Crippen LogP contribution in [0.3, 0.4) is 0 Å². The zero-order chi connectivity index (χ0) is 24.2. The van der Waals surface area contributed by atoms with E-state index >= 15 is 0 Å². The first-order valence-corrected chi connectivity index (χ1v) is 13.1. The predicted molar refractivity (Wildman–Crippen MR) is 150 cm³/mol. The summed E-state index contributed by atoms with van der Waals surface area (Å²) in [6.45, 7) is 0.747. The minimum absolute atomic E-state index is 0.00117. The number of hydrogen-bond donors (Lipinski definition) is 2. The third kappa shape index (κ3) is 5.40. The Bertz CT molecular complexity index is 1480. The third-order valence-corrected chi connectivity index (χ3v) is 7.91. The van der Waals surface area contributed by atoms with Crippen LogP contribution in [0.2, 0.25) is 0 Å². The quantitative estimate of drug-likeness (QED) is 0.150. The van der Waals surface area contributed by atoms with E-state index < -0.39 is 0 Å². The van der Waals surface area contributed by atoms with Gasteiger partial charge < -0.3 is 15.8 Å². The second kappa shape index (κ2) is 10.6. The average molecular weight is 546 g/mol. The van der Waals surface area contributed by atoms with Crippen molar-refractivity contribution in [3.8, 4) is 5.75 Å². The van der Waals surface area contributed by atoms with E-state index in [0.29, 0.717) is 17.9 Å². The maximum Gasteiger partial charge on any atom is 0.176 e. The van der Waals surface area contributed by atoms with Crippen molar-refractivity contribution >= 4 is 58.9 Å². The Hall–Kier alpha value is -3.19. The Balaban J connectivity index is 1.25. The molecule has 0 aliphatic rings. The van der Waals surface area contributed by atoms with E-state index in [-0.39, 0.29) is 18.4 Å². The van der Waals surface area contributed by atoms with Crippen LogP contribution in [0.25, 0.3) is 20.2 Å². The molecule has 0 fully saturated rings. The number of ether oxygens (including phenoxy) is 1. The molecular weight excluding hydrogens is 520 g/mol. The maximum atomic E-state index is 12.8. The van der Waals surface area contributed by atoms with Crippen LogP contribution in [0.15, 0.2) is 95.5 Å². The van der Waals surface area contributed by atoms with Crippen molar-refractivity contribution in [1.29, 1.82) is 0 Å². The Morgan fingerprint density at radius 2 is 1.69 bits per heavy atom. The minimum Gasteiger partial charge on any atom is -0.493 e. The topological polar surface area (TPSA) is 64.4 Å². The van der Waals surface area contributed by atoms with Crippen LogP contribution in [0.5, 0.6) is 5.75 Å². The largest absolute Gasteiger partial charge is 0.493 e. The lowest BCUT2D eigenvalue weighted by molar-refractivity contribution is 0.0985. The smallest absolute Gasteiger partial charge is 0.176 e. The molecule has 0 radical (unpaired) electrons. The summed E-state index contributed by atoms with van der Waals surface area (Å²) >= 11 is 5.16. The Labute approximate surface area is 216 Å². The monoisotopic (exact) mass is 544 g/mol. The number of Topliss-reactive ketones (excluding diaryl/α,β-unsaturated/α-hetero) is 1. The van der Waals surface area contributed by atoms with Crippen molar-refractivity contribution in [2.75, 3.05) is 18.9 Å². The molecule has 0 aliphatic carbocycles. The summed E-state index contributed by atoms with van der Waals surface area (Å²) in [6, 6.07) is 30.2. The SMILES string of the molecule is Nc1cc(C(=O)CNC(CCOc2ccc3c(c2)sc2ccccc23)c2ccccc2)ccc1Br. The van der Waals surface area contributed by atoms with Gasteiger partial charge in [-0.3, -0.25) is 4.79 Å². The number of carbonyl (C=O) groups is 1. The molecule has 0 saturated carbocycles. The number of nitrogens with one attached hydrogen (secondary N) is 1. The second-order valence-electron chi connectivity index (χ2n) is 8.40. The van der Waals surface area contributed by atoms with Crippen molar-refractivity contribution in [2.45, 2.75) is 12.5 Å². The average Bonchev–Trinajstić information content (AvgIpc) is 3.26. The molecule has 5 aromatic rings. The van der Waals surface area contributed by atoms with Crippen LogP contribution in [0, 0.1) is 0 Å². The van der Waals surface area contributed by atoms with E-state index in [1.165, 1.54) is 20.2 Å². The highest BCUT2D eigenvalue weighted by Crippen LogP contribution is 2.35. The van der Waals surface area contributed by atoms with Gasteiger partial charge >= 0.3 is 0 Å². The molecule has 4 aromatic carbocycles. The van der Waals surface area contributed by atoms with Crippen LogP contribution >= 0.6 is 27.3 Å². The number of benzene rings is 4. The number of halogens is 1. The van der Waals surface area contributed by atoms with Gasteiger partial charge in [-0.05, 0) is 57.9 Å². The van der Waals surface area contributed by atoms with Crippen LogP contribution in [-0.2, 0) is 0 Å². The summed E-state index contributed by atoms with van der Waals surface area (Å²) in [5.74, 6) is 0.860. The van der Waals surface area contributed by atoms with E-state index in [1.807, 2.05) is 24.3 Å². The molecule has 0 bridgehead atoms. The standard InChI is InChI=1S/C29H25BrN2O2S/c30-24-13-10-20(16-25(24)31)27(33)18-32-26(19-6-2-1-3-7-19)14-15-34-21-11-12-23-22-8-4-5-9-28(22)35-29(23)17-21/h1-13,16-17,26,32H,14-15,18,31H2. The van der Waals surface area contributed by atoms with Crippen molar-refractivity contribution in [3.63, 3.8) is 0 Å². The number of ketones is 1. The molecule has 5 rings (SSSR count). The molecule has 1 unspecified atom stereocenters. The van der Waals surface area contributed by atoms with E-state index in [9.17, 15) is 4.79 Å². The van der Waals surface area contributed by atoms with E-state index in [2.05, 4.69) is 69.8 Å². The van der Waals surface area contributed by atoms with Gasteiger partial charge in [0.2, 0.25) is 0 Å². The lowest BCUT2D eigenvalue weighted by Crippen LogP contribution is -2.29. The number of thiophene rings is 1. The molecular formula is C29H25BrN2O2S. The lowest BCUT2D eigenvalue weighted by Gasteiger charge is -2.19. The summed E-state index contributed by atoms with van der Waals surface area (Å²) in [4.78, 5) is 12.8. The maximum absolute atomic E-state index is 12.8. The van der Waals surface area contributed by atoms with Gasteiger partial charge in [0.1, 0.15) is 5.75 Å². The first-order valence-electron chi connectivity index (χ1n) is 11.5. The summed E-state index contributed by atoms with van der Waals surface area (Å²) < 4.78 is 9.44. The van der Waals surface area contributed by atoms with Gasteiger partial charge in [-0.15, -0.1) is 11.3 Å². The number of hydrogen-bond acceptors (Lipinski definition) is 5. The molecule has 1 atom stereocenters. The summed E-state index contributed by atoms with van der Waals surface area (Å²) in [7, 11) is 0. The second-order valence-corrected chi connectivity index (χ2v) is 10.3. The van der Waals surface area contributed by atoms with E-state index in [0.717, 1.165) is 22.2 Å². The van der Waals surface area contributed by atoms with Gasteiger partial charge in [0.15, 0.2) is 5.78 Å². The van der Waals surface area contributed by atoms with E-state index in [1.54, 1.807) is 29.5 Å². The van der Waals surface area contributed by atoms with Gasteiger partial charge in [-0.1, -0.05) is 54.6 Å². The Morgan fingerprint density at radius 1 is 0.914 bits per heavy atom. The molecule has 1 heterocycles. The first-order chi connectivity index (χ1) is 17.1. The fraction of sp³-hybridized carbons (Fsp3) is 0.138. The summed E-state index contributed by atoms with van der Waals surface area (Å²) in [6.07, 6.45) is 0.726. The third-order valence-electron chi connectivity index (χ3n) is 6.05. The van der Waals surface area contributed by atoms with Crippen molar-refractivity contribution in [1.82, 2.24) is 5.32 Å². The molecule has 3 N–H and O–H groups in total. The minimum atomic E-state index is -0.0130. The van der Waals surface area contributed by atoms with Gasteiger partial charge in [0.05, 0.1) is 13.2 Å². The highest BCUT2D eigenvalue weighted by Gasteiger charge is 2.15. The number of rotatable bonds is 9. The summed E-state index contributed by atoms with van der Waals surface area (Å²) in [5.41, 5.74) is 8.22. The number of anilines is 1. The van der Waals surface area contributed by atoms with Crippen LogP contribution in [0.1, 0.15) is 28.4 Å². The Kier molecular flexibility index (Phi) is 7.13. The van der Waals surface area contributed by atoms with Crippen LogP contribution in [-0.4, -0.2) is 18.9 Å². The van der Waals surface area contributed by atoms with Gasteiger partial charge in [-0.2, -0.15) is 0 Å². The normalized spacial score (nSPS) is 12.1. The number of carbonyl (C=O) groups excluding carboxylic acids is 1. The molecule has 1 aromatic heterocycles. The summed E-state index contributed by atoms with van der Waals surface area (Å²) in [5, 5.41) is 5.96. The molecule has 4 nitrogen and oxygen atoms in total. The Morgan fingerprint density at radius 3 is 2.51 bits per heavy atom. The highest BCUT2D eigenvalue weighted by atomic mass is 79.9. The number of fused-ring (bicyclic) bond motifs is 3. The zero-order valence-corrected chi connectivity index (χ0v) is 21.4. The highest BCUT2D eigenvalue weighted by molar-refractivity contribution is 9.10.